The minimum atomic E-state index is -0.697. The number of nitrogens with two attached hydrogens (primary N) is 1. The van der Waals surface area contributed by atoms with Crippen molar-refractivity contribution in [3.63, 3.8) is 0 Å². The van der Waals surface area contributed by atoms with E-state index in [-0.39, 0.29) is 5.41 Å². The lowest BCUT2D eigenvalue weighted by Crippen LogP contribution is -2.23. The molecule has 1 aromatic heterocycles. The summed E-state index contributed by atoms with van der Waals surface area (Å²) < 4.78 is 6.87. The van der Waals surface area contributed by atoms with E-state index in [0.717, 1.165) is 19.3 Å². The topological polar surface area (TPSA) is 70.1 Å². The van der Waals surface area contributed by atoms with Crippen molar-refractivity contribution in [1.29, 1.82) is 0 Å². The number of unbranched alkanes of at least 4 members (excludes halogenated alkanes) is 1. The van der Waals surface area contributed by atoms with Crippen molar-refractivity contribution in [3.05, 3.63) is 18.7 Å². The molecule has 1 amide bonds. The molecule has 0 radical (unpaired) electrons. The zero-order chi connectivity index (χ0) is 13.6. The quantitative estimate of drug-likeness (QED) is 0.792. The molecule has 18 heavy (non-hydrogen) atoms. The van der Waals surface area contributed by atoms with Crippen LogP contribution in [0.25, 0.3) is 0 Å². The van der Waals surface area contributed by atoms with Crippen molar-refractivity contribution >= 4 is 6.09 Å². The SMILES string of the molecule is CC(C)(C)C(CCCCOC(N)=O)n1ccnc1. The van der Waals surface area contributed by atoms with E-state index < -0.39 is 6.09 Å². The number of imidazole rings is 1. The number of carbonyl (C=O) groups excluding carboxylic acids is 1. The van der Waals surface area contributed by atoms with Gasteiger partial charge in [0.25, 0.3) is 0 Å². The number of hydrogen-bond acceptors (Lipinski definition) is 3. The summed E-state index contributed by atoms with van der Waals surface area (Å²) in [7, 11) is 0. The molecule has 0 fully saturated rings. The van der Waals surface area contributed by atoms with Crippen molar-refractivity contribution in [3.8, 4) is 0 Å². The van der Waals surface area contributed by atoms with Gasteiger partial charge in [0.2, 0.25) is 0 Å². The van der Waals surface area contributed by atoms with E-state index in [1.54, 1.807) is 6.20 Å². The van der Waals surface area contributed by atoms with Crippen LogP contribution >= 0.6 is 0 Å². The molecule has 1 heterocycles. The highest BCUT2D eigenvalue weighted by atomic mass is 16.5. The Morgan fingerprint density at radius 1 is 1.44 bits per heavy atom. The van der Waals surface area contributed by atoms with Gasteiger partial charge in [-0.05, 0) is 24.7 Å². The van der Waals surface area contributed by atoms with Gasteiger partial charge < -0.3 is 15.0 Å². The number of ether oxygens (including phenoxy) is 1. The van der Waals surface area contributed by atoms with Gasteiger partial charge in [0.1, 0.15) is 0 Å². The summed E-state index contributed by atoms with van der Waals surface area (Å²) in [5, 5.41) is 0. The van der Waals surface area contributed by atoms with Crippen LogP contribution in [0.2, 0.25) is 0 Å². The molecule has 102 valence electrons. The van der Waals surface area contributed by atoms with Crippen LogP contribution in [0, 0.1) is 5.41 Å². The van der Waals surface area contributed by atoms with Crippen LogP contribution < -0.4 is 5.73 Å². The molecule has 0 aliphatic rings. The second kappa shape index (κ2) is 6.42. The molecule has 1 aromatic rings. The largest absolute Gasteiger partial charge is 0.450 e. The van der Waals surface area contributed by atoms with Gasteiger partial charge in [0, 0.05) is 18.4 Å². The summed E-state index contributed by atoms with van der Waals surface area (Å²) in [5.74, 6) is 0. The van der Waals surface area contributed by atoms with Crippen molar-refractivity contribution in [2.24, 2.45) is 11.1 Å². The Balaban J connectivity index is 2.42. The number of rotatable bonds is 6. The number of carbonyl (C=O) groups is 1. The number of hydrogen-bond donors (Lipinski definition) is 1. The third-order valence-corrected chi connectivity index (χ3v) is 3.00. The Kier molecular flexibility index (Phi) is 5.19. The van der Waals surface area contributed by atoms with Gasteiger partial charge in [-0.2, -0.15) is 0 Å². The highest BCUT2D eigenvalue weighted by Gasteiger charge is 2.25. The van der Waals surface area contributed by atoms with Crippen molar-refractivity contribution in [2.45, 2.75) is 46.1 Å². The number of primary amides is 1. The Labute approximate surface area is 108 Å². The first-order chi connectivity index (χ1) is 8.41. The molecule has 0 aromatic carbocycles. The second-order valence-corrected chi connectivity index (χ2v) is 5.55. The summed E-state index contributed by atoms with van der Waals surface area (Å²) in [4.78, 5) is 14.5. The highest BCUT2D eigenvalue weighted by Crippen LogP contribution is 2.34. The molecule has 5 nitrogen and oxygen atoms in total. The monoisotopic (exact) mass is 253 g/mol. The lowest BCUT2D eigenvalue weighted by Gasteiger charge is -2.31. The predicted molar refractivity (Wildman–Crippen MR) is 70.1 cm³/mol. The summed E-state index contributed by atoms with van der Waals surface area (Å²) in [6.45, 7) is 7.06. The van der Waals surface area contributed by atoms with E-state index in [4.69, 9.17) is 10.5 Å². The van der Waals surface area contributed by atoms with Crippen LogP contribution in [-0.2, 0) is 4.74 Å². The first-order valence-electron chi connectivity index (χ1n) is 6.31. The second-order valence-electron chi connectivity index (χ2n) is 5.55. The zero-order valence-electron chi connectivity index (χ0n) is 11.4. The van der Waals surface area contributed by atoms with E-state index in [1.165, 1.54) is 0 Å². The van der Waals surface area contributed by atoms with E-state index in [0.29, 0.717) is 12.6 Å². The van der Waals surface area contributed by atoms with E-state index in [2.05, 4.69) is 30.3 Å². The molecule has 0 bridgehead atoms. The van der Waals surface area contributed by atoms with Gasteiger partial charge in [-0.1, -0.05) is 20.8 Å². The van der Waals surface area contributed by atoms with Crippen molar-refractivity contribution in [1.82, 2.24) is 9.55 Å². The standard InChI is InChI=1S/C13H23N3O2/c1-13(2,3)11(16-8-7-15-10-16)6-4-5-9-18-12(14)17/h7-8,10-11H,4-6,9H2,1-3H3,(H2,14,17). The normalized spacial score (nSPS) is 13.3. The Hall–Kier alpha value is -1.52. The van der Waals surface area contributed by atoms with Gasteiger partial charge in [-0.15, -0.1) is 0 Å². The fraction of sp³-hybridized carbons (Fsp3) is 0.692. The number of nitrogens with zero attached hydrogens (tertiary/aromatic N) is 2. The Morgan fingerprint density at radius 2 is 2.17 bits per heavy atom. The van der Waals surface area contributed by atoms with E-state index in [9.17, 15) is 4.79 Å². The van der Waals surface area contributed by atoms with Crippen molar-refractivity contribution < 1.29 is 9.53 Å². The Bertz CT molecular complexity index is 355. The van der Waals surface area contributed by atoms with E-state index >= 15 is 0 Å². The van der Waals surface area contributed by atoms with Crippen LogP contribution in [-0.4, -0.2) is 22.3 Å². The smallest absolute Gasteiger partial charge is 0.404 e. The molecule has 1 rings (SSSR count). The zero-order valence-corrected chi connectivity index (χ0v) is 11.4. The van der Waals surface area contributed by atoms with E-state index in [1.807, 2.05) is 12.5 Å². The van der Waals surface area contributed by atoms with Crippen LogP contribution in [0.4, 0.5) is 4.79 Å². The molecule has 1 unspecified atom stereocenters. The molecule has 0 aliphatic heterocycles. The van der Waals surface area contributed by atoms with Crippen LogP contribution in [0.5, 0.6) is 0 Å². The molecule has 0 saturated carbocycles. The van der Waals surface area contributed by atoms with Crippen LogP contribution in [0.3, 0.4) is 0 Å². The maximum Gasteiger partial charge on any atom is 0.404 e. The Morgan fingerprint density at radius 3 is 2.67 bits per heavy atom. The van der Waals surface area contributed by atoms with Gasteiger partial charge >= 0.3 is 6.09 Å². The van der Waals surface area contributed by atoms with Gasteiger partial charge in [0.15, 0.2) is 0 Å². The first-order valence-corrected chi connectivity index (χ1v) is 6.31. The summed E-state index contributed by atoms with van der Waals surface area (Å²) in [6.07, 6.45) is 7.82. The molecular formula is C13H23N3O2. The van der Waals surface area contributed by atoms with Gasteiger partial charge in [-0.3, -0.25) is 0 Å². The summed E-state index contributed by atoms with van der Waals surface area (Å²) in [5.41, 5.74) is 5.08. The van der Waals surface area contributed by atoms with Crippen LogP contribution in [0.1, 0.15) is 46.1 Å². The summed E-state index contributed by atoms with van der Waals surface area (Å²) >= 11 is 0. The summed E-state index contributed by atoms with van der Waals surface area (Å²) in [6, 6.07) is 0.397. The third kappa shape index (κ3) is 4.77. The average molecular weight is 253 g/mol. The maximum atomic E-state index is 10.4. The number of amides is 1. The molecule has 2 N–H and O–H groups in total. The minimum absolute atomic E-state index is 0.172. The first kappa shape index (κ1) is 14.5. The average Bonchev–Trinajstić information content (AvgIpc) is 2.73. The molecule has 0 saturated heterocycles. The molecule has 1 atom stereocenters. The fourth-order valence-electron chi connectivity index (χ4n) is 2.10. The van der Waals surface area contributed by atoms with Gasteiger partial charge in [-0.25, -0.2) is 9.78 Å². The third-order valence-electron chi connectivity index (χ3n) is 3.00. The highest BCUT2D eigenvalue weighted by molar-refractivity contribution is 5.64. The molecule has 0 aliphatic carbocycles. The molecule has 5 heteroatoms. The lowest BCUT2D eigenvalue weighted by atomic mass is 9.83. The minimum Gasteiger partial charge on any atom is -0.450 e. The maximum absolute atomic E-state index is 10.4. The van der Waals surface area contributed by atoms with Crippen molar-refractivity contribution in [2.75, 3.05) is 6.61 Å². The molecular weight excluding hydrogens is 230 g/mol. The van der Waals surface area contributed by atoms with Crippen LogP contribution in [0.15, 0.2) is 18.7 Å². The fourth-order valence-corrected chi connectivity index (χ4v) is 2.10. The lowest BCUT2D eigenvalue weighted by molar-refractivity contribution is 0.151. The predicted octanol–water partition coefficient (Wildman–Crippen LogP) is 2.74. The number of aromatic nitrogens is 2. The van der Waals surface area contributed by atoms with Gasteiger partial charge in [0.05, 0.1) is 12.9 Å². The molecule has 0 spiro atoms.